The van der Waals surface area contributed by atoms with Crippen LogP contribution in [0, 0.1) is 0 Å². The first-order chi connectivity index (χ1) is 7.17. The fourth-order valence-corrected chi connectivity index (χ4v) is 1.61. The average Bonchev–Trinajstić information content (AvgIpc) is 2.25. The third kappa shape index (κ3) is 5.60. The summed E-state index contributed by atoms with van der Waals surface area (Å²) in [6.45, 7) is 11.6. The smallest absolute Gasteiger partial charge is 0.249 e. The van der Waals surface area contributed by atoms with Gasteiger partial charge in [-0.2, -0.15) is 0 Å². The van der Waals surface area contributed by atoms with Gasteiger partial charge in [0.1, 0.15) is 0 Å². The molecule has 0 aromatic rings. The molecular weight excluding hydrogens is 186 g/mol. The SMILES string of the molecule is C=C(CCCCCC)C(=O)N(CC)CC. The third-order valence-electron chi connectivity index (χ3n) is 2.69. The van der Waals surface area contributed by atoms with Gasteiger partial charge in [-0.1, -0.05) is 32.8 Å². The molecule has 0 aliphatic heterocycles. The van der Waals surface area contributed by atoms with Crippen LogP contribution in [0.3, 0.4) is 0 Å². The minimum absolute atomic E-state index is 0.136. The molecule has 1 amide bonds. The highest BCUT2D eigenvalue weighted by molar-refractivity contribution is 5.92. The zero-order chi connectivity index (χ0) is 11.7. The summed E-state index contributed by atoms with van der Waals surface area (Å²) in [5.74, 6) is 0.136. The van der Waals surface area contributed by atoms with E-state index in [1.807, 2.05) is 18.7 Å². The lowest BCUT2D eigenvalue weighted by molar-refractivity contribution is -0.126. The van der Waals surface area contributed by atoms with Crippen molar-refractivity contribution in [1.82, 2.24) is 4.90 Å². The van der Waals surface area contributed by atoms with Crippen LogP contribution in [-0.4, -0.2) is 23.9 Å². The number of amides is 1. The molecule has 15 heavy (non-hydrogen) atoms. The summed E-state index contributed by atoms with van der Waals surface area (Å²) in [5.41, 5.74) is 0.773. The van der Waals surface area contributed by atoms with E-state index in [0.717, 1.165) is 31.5 Å². The lowest BCUT2D eigenvalue weighted by Gasteiger charge is -2.19. The van der Waals surface area contributed by atoms with Crippen LogP contribution in [0.1, 0.15) is 52.9 Å². The Labute approximate surface area is 94.4 Å². The number of hydrogen-bond acceptors (Lipinski definition) is 1. The van der Waals surface area contributed by atoms with Crippen LogP contribution in [0.4, 0.5) is 0 Å². The average molecular weight is 211 g/mol. The monoisotopic (exact) mass is 211 g/mol. The highest BCUT2D eigenvalue weighted by atomic mass is 16.2. The summed E-state index contributed by atoms with van der Waals surface area (Å²) in [6, 6.07) is 0. The van der Waals surface area contributed by atoms with E-state index < -0.39 is 0 Å². The van der Waals surface area contributed by atoms with E-state index in [0.29, 0.717) is 0 Å². The number of rotatable bonds is 8. The van der Waals surface area contributed by atoms with Crippen molar-refractivity contribution in [1.29, 1.82) is 0 Å². The van der Waals surface area contributed by atoms with E-state index >= 15 is 0 Å². The van der Waals surface area contributed by atoms with E-state index in [1.54, 1.807) is 0 Å². The van der Waals surface area contributed by atoms with E-state index in [4.69, 9.17) is 0 Å². The van der Waals surface area contributed by atoms with Crippen LogP contribution >= 0.6 is 0 Å². The van der Waals surface area contributed by atoms with Crippen LogP contribution < -0.4 is 0 Å². The normalized spacial score (nSPS) is 10.1. The molecule has 0 fully saturated rings. The Morgan fingerprint density at radius 2 is 1.67 bits per heavy atom. The van der Waals surface area contributed by atoms with Crippen molar-refractivity contribution >= 4 is 5.91 Å². The van der Waals surface area contributed by atoms with Gasteiger partial charge in [0.2, 0.25) is 5.91 Å². The van der Waals surface area contributed by atoms with Crippen LogP contribution in [0.15, 0.2) is 12.2 Å². The van der Waals surface area contributed by atoms with Crippen molar-refractivity contribution in [2.75, 3.05) is 13.1 Å². The molecule has 0 spiro atoms. The second-order valence-corrected chi connectivity index (χ2v) is 3.89. The molecule has 0 saturated heterocycles. The summed E-state index contributed by atoms with van der Waals surface area (Å²) in [4.78, 5) is 13.6. The maximum absolute atomic E-state index is 11.8. The summed E-state index contributed by atoms with van der Waals surface area (Å²) in [6.07, 6.45) is 5.65. The molecule has 0 radical (unpaired) electrons. The Hall–Kier alpha value is -0.790. The Bertz CT molecular complexity index is 195. The molecule has 0 N–H and O–H groups in total. The molecule has 0 aromatic carbocycles. The second kappa shape index (κ2) is 8.51. The molecule has 0 aliphatic rings. The Kier molecular flexibility index (Phi) is 8.06. The highest BCUT2D eigenvalue weighted by Crippen LogP contribution is 2.11. The van der Waals surface area contributed by atoms with Gasteiger partial charge in [0, 0.05) is 18.7 Å². The molecule has 2 heteroatoms. The molecule has 0 rings (SSSR count). The summed E-state index contributed by atoms with van der Waals surface area (Å²) in [5, 5.41) is 0. The van der Waals surface area contributed by atoms with E-state index in [9.17, 15) is 4.79 Å². The van der Waals surface area contributed by atoms with Crippen molar-refractivity contribution in [3.8, 4) is 0 Å². The second-order valence-electron chi connectivity index (χ2n) is 3.89. The number of hydrogen-bond donors (Lipinski definition) is 0. The minimum atomic E-state index is 0.136. The van der Waals surface area contributed by atoms with Gasteiger partial charge in [0.25, 0.3) is 0 Å². The molecule has 0 unspecified atom stereocenters. The predicted molar refractivity (Wildman–Crippen MR) is 65.8 cm³/mol. The maximum Gasteiger partial charge on any atom is 0.249 e. The van der Waals surface area contributed by atoms with Crippen LogP contribution in [0.25, 0.3) is 0 Å². The van der Waals surface area contributed by atoms with Gasteiger partial charge in [-0.05, 0) is 26.7 Å². The number of likely N-dealkylation sites (N-methyl/N-ethyl adjacent to an activating group) is 1. The lowest BCUT2D eigenvalue weighted by Crippen LogP contribution is -2.31. The molecular formula is C13H25NO. The van der Waals surface area contributed by atoms with Crippen LogP contribution in [0.2, 0.25) is 0 Å². The topological polar surface area (TPSA) is 20.3 Å². The molecule has 88 valence electrons. The number of carbonyl (C=O) groups is 1. The standard InChI is InChI=1S/C13H25NO/c1-5-8-9-10-11-12(4)13(15)14(6-2)7-3/h4-11H2,1-3H3. The quantitative estimate of drug-likeness (QED) is 0.445. The summed E-state index contributed by atoms with van der Waals surface area (Å²) < 4.78 is 0. The van der Waals surface area contributed by atoms with Crippen molar-refractivity contribution in [3.05, 3.63) is 12.2 Å². The van der Waals surface area contributed by atoms with Crippen molar-refractivity contribution in [3.63, 3.8) is 0 Å². The summed E-state index contributed by atoms with van der Waals surface area (Å²) in [7, 11) is 0. The number of unbranched alkanes of at least 4 members (excludes halogenated alkanes) is 3. The Morgan fingerprint density at radius 1 is 1.07 bits per heavy atom. The van der Waals surface area contributed by atoms with Gasteiger partial charge in [-0.25, -0.2) is 0 Å². The van der Waals surface area contributed by atoms with Crippen molar-refractivity contribution in [2.24, 2.45) is 0 Å². The molecule has 0 aliphatic carbocycles. The van der Waals surface area contributed by atoms with E-state index in [-0.39, 0.29) is 5.91 Å². The Balaban J connectivity index is 3.83. The fraction of sp³-hybridized carbons (Fsp3) is 0.769. The van der Waals surface area contributed by atoms with Gasteiger partial charge in [0.15, 0.2) is 0 Å². The summed E-state index contributed by atoms with van der Waals surface area (Å²) >= 11 is 0. The van der Waals surface area contributed by atoms with Crippen molar-refractivity contribution < 1.29 is 4.79 Å². The molecule has 0 aromatic heterocycles. The Morgan fingerprint density at radius 3 is 2.13 bits per heavy atom. The first kappa shape index (κ1) is 14.2. The molecule has 0 atom stereocenters. The molecule has 0 heterocycles. The van der Waals surface area contributed by atoms with E-state index in [1.165, 1.54) is 19.3 Å². The first-order valence-corrected chi connectivity index (χ1v) is 6.14. The maximum atomic E-state index is 11.8. The zero-order valence-electron chi connectivity index (χ0n) is 10.5. The highest BCUT2D eigenvalue weighted by Gasteiger charge is 2.12. The van der Waals surface area contributed by atoms with Gasteiger partial charge >= 0.3 is 0 Å². The zero-order valence-corrected chi connectivity index (χ0v) is 10.5. The van der Waals surface area contributed by atoms with Crippen LogP contribution in [-0.2, 0) is 4.79 Å². The molecule has 0 bridgehead atoms. The largest absolute Gasteiger partial charge is 0.340 e. The third-order valence-corrected chi connectivity index (χ3v) is 2.69. The van der Waals surface area contributed by atoms with Gasteiger partial charge in [-0.15, -0.1) is 0 Å². The van der Waals surface area contributed by atoms with Crippen molar-refractivity contribution in [2.45, 2.75) is 52.9 Å². The van der Waals surface area contributed by atoms with Gasteiger partial charge in [0.05, 0.1) is 0 Å². The number of carbonyl (C=O) groups excluding carboxylic acids is 1. The number of nitrogens with zero attached hydrogens (tertiary/aromatic N) is 1. The lowest BCUT2D eigenvalue weighted by atomic mass is 10.1. The first-order valence-electron chi connectivity index (χ1n) is 6.14. The fourth-order valence-electron chi connectivity index (χ4n) is 1.61. The molecule has 0 saturated carbocycles. The van der Waals surface area contributed by atoms with E-state index in [2.05, 4.69) is 13.5 Å². The van der Waals surface area contributed by atoms with Crippen LogP contribution in [0.5, 0.6) is 0 Å². The predicted octanol–water partition coefficient (Wildman–Crippen LogP) is 3.38. The minimum Gasteiger partial charge on any atom is -0.340 e. The van der Waals surface area contributed by atoms with Gasteiger partial charge < -0.3 is 4.90 Å². The molecule has 2 nitrogen and oxygen atoms in total. The van der Waals surface area contributed by atoms with Gasteiger partial charge in [-0.3, -0.25) is 4.79 Å².